The number of rotatable bonds is 2. The number of pyridine rings is 1. The van der Waals surface area contributed by atoms with E-state index >= 15 is 0 Å². The summed E-state index contributed by atoms with van der Waals surface area (Å²) in [6, 6.07) is 5.19. The van der Waals surface area contributed by atoms with Gasteiger partial charge in [0, 0.05) is 11.2 Å². The van der Waals surface area contributed by atoms with Gasteiger partial charge >= 0.3 is 0 Å². The van der Waals surface area contributed by atoms with Crippen LogP contribution in [-0.4, -0.2) is 12.7 Å². The van der Waals surface area contributed by atoms with E-state index in [1.807, 2.05) is 6.07 Å². The van der Waals surface area contributed by atoms with Gasteiger partial charge in [-0.1, -0.05) is 11.6 Å². The maximum Gasteiger partial charge on any atom is 0.222 e. The van der Waals surface area contributed by atoms with Crippen LogP contribution in [0.4, 0.5) is 0 Å². The van der Waals surface area contributed by atoms with Gasteiger partial charge < -0.3 is 9.84 Å². The third kappa shape index (κ3) is 2.75. The van der Waals surface area contributed by atoms with Gasteiger partial charge in [-0.3, -0.25) is 0 Å². The first-order valence-electron chi connectivity index (χ1n) is 4.06. The standard InChI is InChI=1S/C9H9N3O2/c1-2-14-9(13)11-12-5-3-4-8(6-10)7-12/h3-5,7H,2H2,1H3. The van der Waals surface area contributed by atoms with Crippen LogP contribution in [0.1, 0.15) is 12.5 Å². The fourth-order valence-electron chi connectivity index (χ4n) is 0.838. The van der Waals surface area contributed by atoms with Gasteiger partial charge in [0.2, 0.25) is 18.5 Å². The van der Waals surface area contributed by atoms with Crippen LogP contribution in [0.2, 0.25) is 0 Å². The van der Waals surface area contributed by atoms with Crippen molar-refractivity contribution in [1.29, 1.82) is 5.26 Å². The minimum absolute atomic E-state index is 0.279. The molecule has 1 rings (SSSR count). The van der Waals surface area contributed by atoms with Crippen molar-refractivity contribution >= 4 is 6.08 Å². The van der Waals surface area contributed by atoms with E-state index in [-0.39, 0.29) is 6.61 Å². The Morgan fingerprint density at radius 3 is 3.21 bits per heavy atom. The van der Waals surface area contributed by atoms with E-state index in [0.717, 1.165) is 0 Å². The molecular weight excluding hydrogens is 182 g/mol. The van der Waals surface area contributed by atoms with Gasteiger partial charge in [0.25, 0.3) is 0 Å². The summed E-state index contributed by atoms with van der Waals surface area (Å²) in [4.78, 5) is 0. The summed E-state index contributed by atoms with van der Waals surface area (Å²) >= 11 is 0. The number of nitrogens with zero attached hydrogens (tertiary/aromatic N) is 3. The number of aromatic nitrogens is 1. The molecule has 0 saturated heterocycles. The molecule has 0 spiro atoms. The molecule has 5 nitrogen and oxygen atoms in total. The highest BCUT2D eigenvalue weighted by molar-refractivity contribution is 5.60. The third-order valence-corrected chi connectivity index (χ3v) is 1.38. The van der Waals surface area contributed by atoms with Crippen LogP contribution in [0, 0.1) is 11.3 Å². The highest BCUT2D eigenvalue weighted by Gasteiger charge is 1.99. The Bertz CT molecular complexity index is 382. The second kappa shape index (κ2) is 4.82. The molecule has 72 valence electrons. The van der Waals surface area contributed by atoms with Gasteiger partial charge in [-0.2, -0.15) is 5.26 Å². The van der Waals surface area contributed by atoms with E-state index in [2.05, 4.69) is 9.84 Å². The van der Waals surface area contributed by atoms with E-state index in [1.54, 1.807) is 25.3 Å². The summed E-state index contributed by atoms with van der Waals surface area (Å²) in [6.45, 7) is 1.98. The van der Waals surface area contributed by atoms with Gasteiger partial charge in [0.15, 0.2) is 0 Å². The average Bonchev–Trinajstić information content (AvgIpc) is 2.18. The lowest BCUT2D eigenvalue weighted by Crippen LogP contribution is -2.34. The number of hydrogen-bond donors (Lipinski definition) is 0. The SMILES string of the molecule is CCO/C([O-])=N/[n+]1cccc(C#N)c1. The first-order chi connectivity index (χ1) is 6.76. The topological polar surface area (TPSA) is 72.3 Å². The minimum atomic E-state index is -0.674. The van der Waals surface area contributed by atoms with Crippen LogP contribution in [0.3, 0.4) is 0 Å². The number of hydrogen-bond acceptors (Lipinski definition) is 4. The second-order valence-corrected chi connectivity index (χ2v) is 2.38. The first-order valence-corrected chi connectivity index (χ1v) is 4.06. The zero-order valence-electron chi connectivity index (χ0n) is 7.67. The van der Waals surface area contributed by atoms with E-state index in [0.29, 0.717) is 5.56 Å². The zero-order valence-corrected chi connectivity index (χ0v) is 7.67. The summed E-state index contributed by atoms with van der Waals surface area (Å²) in [7, 11) is 0. The van der Waals surface area contributed by atoms with E-state index in [9.17, 15) is 5.11 Å². The van der Waals surface area contributed by atoms with Crippen molar-refractivity contribution in [2.24, 2.45) is 5.10 Å². The van der Waals surface area contributed by atoms with Crippen LogP contribution < -0.4 is 9.78 Å². The van der Waals surface area contributed by atoms with Crippen molar-refractivity contribution in [2.75, 3.05) is 6.61 Å². The fraction of sp³-hybridized carbons (Fsp3) is 0.222. The molecule has 1 heterocycles. The predicted molar refractivity (Wildman–Crippen MR) is 45.8 cm³/mol. The molecule has 1 aromatic heterocycles. The summed E-state index contributed by atoms with van der Waals surface area (Å²) in [5.41, 5.74) is 0.431. The molecule has 0 N–H and O–H groups in total. The molecule has 0 fully saturated rings. The molecule has 0 aliphatic rings. The van der Waals surface area contributed by atoms with Gasteiger partial charge in [-0.25, -0.2) is 0 Å². The molecule has 0 amide bonds. The zero-order chi connectivity index (χ0) is 10.4. The van der Waals surface area contributed by atoms with Crippen LogP contribution in [0.25, 0.3) is 0 Å². The van der Waals surface area contributed by atoms with Crippen molar-refractivity contribution in [3.63, 3.8) is 0 Å². The lowest BCUT2D eigenvalue weighted by molar-refractivity contribution is -0.683. The Morgan fingerprint density at radius 1 is 1.79 bits per heavy atom. The first kappa shape index (κ1) is 9.99. The molecule has 0 aliphatic carbocycles. The molecule has 0 atom stereocenters. The molecule has 14 heavy (non-hydrogen) atoms. The molecule has 0 unspecified atom stereocenters. The molecule has 0 saturated carbocycles. The van der Waals surface area contributed by atoms with Crippen molar-refractivity contribution in [2.45, 2.75) is 6.92 Å². The number of ether oxygens (including phenoxy) is 1. The van der Waals surface area contributed by atoms with Crippen LogP contribution in [0.5, 0.6) is 0 Å². The van der Waals surface area contributed by atoms with Gasteiger partial charge in [0.05, 0.1) is 0 Å². The summed E-state index contributed by atoms with van der Waals surface area (Å²) in [6.07, 6.45) is 2.32. The highest BCUT2D eigenvalue weighted by atomic mass is 16.6. The molecule has 0 bridgehead atoms. The third-order valence-electron chi connectivity index (χ3n) is 1.38. The molecule has 0 aliphatic heterocycles. The van der Waals surface area contributed by atoms with Crippen LogP contribution >= 0.6 is 0 Å². The van der Waals surface area contributed by atoms with E-state index in [1.165, 1.54) is 10.9 Å². The van der Waals surface area contributed by atoms with E-state index in [4.69, 9.17) is 5.26 Å². The molecular formula is C9H9N3O2. The molecule has 5 heteroatoms. The second-order valence-electron chi connectivity index (χ2n) is 2.38. The van der Waals surface area contributed by atoms with Gasteiger partial charge in [-0.05, 0) is 12.7 Å². The Labute approximate surface area is 81.5 Å². The molecule has 1 aromatic rings. The van der Waals surface area contributed by atoms with E-state index < -0.39 is 6.08 Å². The van der Waals surface area contributed by atoms with Gasteiger partial charge in [-0.15, -0.1) is 0 Å². The molecule has 0 radical (unpaired) electrons. The Morgan fingerprint density at radius 2 is 2.57 bits per heavy atom. The number of nitriles is 1. The smallest absolute Gasteiger partial charge is 0.222 e. The largest absolute Gasteiger partial charge is 0.596 e. The monoisotopic (exact) mass is 191 g/mol. The highest BCUT2D eigenvalue weighted by Crippen LogP contribution is 1.89. The van der Waals surface area contributed by atoms with Crippen molar-refractivity contribution in [3.05, 3.63) is 30.1 Å². The normalized spacial score (nSPS) is 10.7. The lowest BCUT2D eigenvalue weighted by Gasteiger charge is -2.06. The minimum Gasteiger partial charge on any atom is -0.596 e. The van der Waals surface area contributed by atoms with Crippen molar-refractivity contribution < 1.29 is 14.5 Å². The predicted octanol–water partition coefficient (Wildman–Crippen LogP) is -0.638. The van der Waals surface area contributed by atoms with Crippen LogP contribution in [0.15, 0.2) is 29.6 Å². The summed E-state index contributed by atoms with van der Waals surface area (Å²) < 4.78 is 5.86. The Balaban J connectivity index is 2.87. The summed E-state index contributed by atoms with van der Waals surface area (Å²) in [5, 5.41) is 23.1. The van der Waals surface area contributed by atoms with Gasteiger partial charge in [0.1, 0.15) is 11.6 Å². The maximum absolute atomic E-state index is 10.9. The maximum atomic E-state index is 10.9. The summed E-state index contributed by atoms with van der Waals surface area (Å²) in [5.74, 6) is 0. The Kier molecular flexibility index (Phi) is 3.44. The fourth-order valence-corrected chi connectivity index (χ4v) is 0.838. The average molecular weight is 191 g/mol. The van der Waals surface area contributed by atoms with Crippen molar-refractivity contribution in [3.8, 4) is 6.07 Å². The van der Waals surface area contributed by atoms with Crippen LogP contribution in [-0.2, 0) is 4.74 Å². The quantitative estimate of drug-likeness (QED) is 0.354. The van der Waals surface area contributed by atoms with Crippen molar-refractivity contribution in [1.82, 2.24) is 0 Å². The molecule has 0 aromatic carbocycles. The lowest BCUT2D eigenvalue weighted by atomic mass is 10.3. The Hall–Kier alpha value is -2.09.